The Morgan fingerprint density at radius 1 is 1.44 bits per heavy atom. The Morgan fingerprint density at radius 3 is 2.78 bits per heavy atom. The lowest BCUT2D eigenvalue weighted by molar-refractivity contribution is 0.0779. The van der Waals surface area contributed by atoms with E-state index in [-0.39, 0.29) is 17.3 Å². The number of hydrogen-bond acceptors (Lipinski definition) is 1. The summed E-state index contributed by atoms with van der Waals surface area (Å²) in [6.45, 7) is 7.53. The Hall–Kier alpha value is -1.38. The maximum atomic E-state index is 13.9. The smallest absolute Gasteiger partial charge is 0.256 e. The third kappa shape index (κ3) is 2.40. The van der Waals surface area contributed by atoms with Crippen molar-refractivity contribution in [3.8, 4) is 0 Å². The molecule has 0 radical (unpaired) electrons. The Kier molecular flexibility index (Phi) is 3.69. The Morgan fingerprint density at radius 2 is 2.17 bits per heavy atom. The van der Waals surface area contributed by atoms with Crippen LogP contribution in [0.3, 0.4) is 0 Å². The fraction of sp³-hybridized carbons (Fsp3) is 0.533. The van der Waals surface area contributed by atoms with Gasteiger partial charge in [-0.3, -0.25) is 4.79 Å². The highest BCUT2D eigenvalue weighted by Crippen LogP contribution is 2.25. The zero-order valence-electron chi connectivity index (χ0n) is 11.2. The number of benzene rings is 1. The number of halogens is 1. The summed E-state index contributed by atoms with van der Waals surface area (Å²) >= 11 is 0. The first-order valence-electron chi connectivity index (χ1n) is 6.55. The first-order valence-corrected chi connectivity index (χ1v) is 6.55. The Labute approximate surface area is 108 Å². The lowest BCUT2D eigenvalue weighted by Crippen LogP contribution is -2.30. The number of carbonyl (C=O) groups excluding carboxylic acids is 1. The molecular weight excluding hydrogens is 229 g/mol. The van der Waals surface area contributed by atoms with Gasteiger partial charge < -0.3 is 4.90 Å². The first kappa shape index (κ1) is 13.1. The highest BCUT2D eigenvalue weighted by molar-refractivity contribution is 5.94. The molecule has 1 amide bonds. The highest BCUT2D eigenvalue weighted by Gasteiger charge is 2.29. The number of rotatable bonds is 2. The molecule has 2 nitrogen and oxygen atoms in total. The van der Waals surface area contributed by atoms with Crippen molar-refractivity contribution >= 4 is 5.91 Å². The van der Waals surface area contributed by atoms with Gasteiger partial charge in [0, 0.05) is 13.1 Å². The SMILES string of the molecule is Cc1cccc(C(=O)N2CCC(C(C)C)C2)c1F. The molecule has 0 aromatic heterocycles. The minimum Gasteiger partial charge on any atom is -0.338 e. The summed E-state index contributed by atoms with van der Waals surface area (Å²) in [5.74, 6) is 0.571. The van der Waals surface area contributed by atoms with Crippen LogP contribution in [0.15, 0.2) is 18.2 Å². The van der Waals surface area contributed by atoms with Crippen LogP contribution < -0.4 is 0 Å². The molecule has 0 bridgehead atoms. The van der Waals surface area contributed by atoms with E-state index in [1.165, 1.54) is 0 Å². The van der Waals surface area contributed by atoms with E-state index in [4.69, 9.17) is 0 Å². The fourth-order valence-corrected chi connectivity index (χ4v) is 2.50. The van der Waals surface area contributed by atoms with E-state index in [1.54, 1.807) is 30.0 Å². The summed E-state index contributed by atoms with van der Waals surface area (Å²) in [7, 11) is 0. The summed E-state index contributed by atoms with van der Waals surface area (Å²) in [6, 6.07) is 5.00. The van der Waals surface area contributed by atoms with Crippen molar-refractivity contribution in [2.24, 2.45) is 11.8 Å². The molecule has 98 valence electrons. The van der Waals surface area contributed by atoms with Gasteiger partial charge in [0.25, 0.3) is 5.91 Å². The maximum Gasteiger partial charge on any atom is 0.256 e. The van der Waals surface area contributed by atoms with Crippen LogP contribution in [0.5, 0.6) is 0 Å². The largest absolute Gasteiger partial charge is 0.338 e. The van der Waals surface area contributed by atoms with E-state index in [0.29, 0.717) is 17.4 Å². The predicted molar refractivity (Wildman–Crippen MR) is 70.0 cm³/mol. The van der Waals surface area contributed by atoms with Crippen LogP contribution in [0.4, 0.5) is 4.39 Å². The molecule has 3 heteroatoms. The molecule has 1 aliphatic rings. The monoisotopic (exact) mass is 249 g/mol. The van der Waals surface area contributed by atoms with Gasteiger partial charge in [0.15, 0.2) is 0 Å². The lowest BCUT2D eigenvalue weighted by atomic mass is 9.95. The highest BCUT2D eigenvalue weighted by atomic mass is 19.1. The average Bonchev–Trinajstić information content (AvgIpc) is 2.81. The van der Waals surface area contributed by atoms with Gasteiger partial charge in [-0.2, -0.15) is 0 Å². The van der Waals surface area contributed by atoms with Gasteiger partial charge in [0.05, 0.1) is 5.56 Å². The molecule has 0 aliphatic carbocycles. The van der Waals surface area contributed by atoms with Crippen LogP contribution >= 0.6 is 0 Å². The molecule has 18 heavy (non-hydrogen) atoms. The molecule has 1 fully saturated rings. The van der Waals surface area contributed by atoms with Crippen LogP contribution in [0.1, 0.15) is 36.2 Å². The van der Waals surface area contributed by atoms with Crippen molar-refractivity contribution in [2.75, 3.05) is 13.1 Å². The second-order valence-corrected chi connectivity index (χ2v) is 5.48. The van der Waals surface area contributed by atoms with E-state index < -0.39 is 0 Å². The van der Waals surface area contributed by atoms with Gasteiger partial charge in [0.2, 0.25) is 0 Å². The van der Waals surface area contributed by atoms with Crippen LogP contribution in [0.25, 0.3) is 0 Å². The number of nitrogens with zero attached hydrogens (tertiary/aromatic N) is 1. The quantitative estimate of drug-likeness (QED) is 0.788. The minimum absolute atomic E-state index is 0.167. The first-order chi connectivity index (χ1) is 8.50. The molecule has 2 rings (SSSR count). The van der Waals surface area contributed by atoms with E-state index >= 15 is 0 Å². The molecular formula is C15H20FNO. The van der Waals surface area contributed by atoms with Gasteiger partial charge in [-0.05, 0) is 36.8 Å². The molecule has 0 saturated carbocycles. The summed E-state index contributed by atoms with van der Waals surface area (Å²) < 4.78 is 13.9. The lowest BCUT2D eigenvalue weighted by Gasteiger charge is -2.18. The third-order valence-corrected chi connectivity index (χ3v) is 3.88. The molecule has 1 atom stereocenters. The molecule has 0 N–H and O–H groups in total. The standard InChI is InChI=1S/C15H20FNO/c1-10(2)12-7-8-17(9-12)15(18)13-6-4-5-11(3)14(13)16/h4-6,10,12H,7-9H2,1-3H3. The van der Waals surface area contributed by atoms with Gasteiger partial charge in [0.1, 0.15) is 5.82 Å². The molecule has 1 saturated heterocycles. The number of carbonyl (C=O) groups is 1. The number of aryl methyl sites for hydroxylation is 1. The van der Waals surface area contributed by atoms with Crippen molar-refractivity contribution in [3.05, 3.63) is 35.1 Å². The van der Waals surface area contributed by atoms with Crippen LogP contribution in [-0.4, -0.2) is 23.9 Å². The Balaban J connectivity index is 2.16. The van der Waals surface area contributed by atoms with Gasteiger partial charge in [-0.1, -0.05) is 26.0 Å². The van der Waals surface area contributed by atoms with E-state index in [2.05, 4.69) is 13.8 Å². The summed E-state index contributed by atoms with van der Waals surface area (Å²) in [6.07, 6.45) is 1.02. The molecule has 1 aliphatic heterocycles. The van der Waals surface area contributed by atoms with Crippen molar-refractivity contribution in [1.29, 1.82) is 0 Å². The molecule has 1 aromatic carbocycles. The second kappa shape index (κ2) is 5.09. The number of likely N-dealkylation sites (tertiary alicyclic amines) is 1. The van der Waals surface area contributed by atoms with Crippen molar-refractivity contribution in [2.45, 2.75) is 27.2 Å². The summed E-state index contributed by atoms with van der Waals surface area (Å²) in [5, 5.41) is 0. The molecule has 1 aromatic rings. The molecule has 0 spiro atoms. The average molecular weight is 249 g/mol. The summed E-state index contributed by atoms with van der Waals surface area (Å²) in [5.41, 5.74) is 0.736. The number of hydrogen-bond donors (Lipinski definition) is 0. The van der Waals surface area contributed by atoms with Gasteiger partial charge in [-0.25, -0.2) is 4.39 Å². The molecule has 1 heterocycles. The minimum atomic E-state index is -0.379. The third-order valence-electron chi connectivity index (χ3n) is 3.88. The maximum absolute atomic E-state index is 13.9. The number of amides is 1. The van der Waals surface area contributed by atoms with Crippen LogP contribution in [0.2, 0.25) is 0 Å². The van der Waals surface area contributed by atoms with E-state index in [1.807, 2.05) is 0 Å². The zero-order valence-corrected chi connectivity index (χ0v) is 11.2. The normalized spacial score (nSPS) is 19.6. The second-order valence-electron chi connectivity index (χ2n) is 5.48. The van der Waals surface area contributed by atoms with Crippen LogP contribution in [-0.2, 0) is 0 Å². The summed E-state index contributed by atoms with van der Waals surface area (Å²) in [4.78, 5) is 14.1. The van der Waals surface area contributed by atoms with Crippen LogP contribution in [0, 0.1) is 24.6 Å². The van der Waals surface area contributed by atoms with E-state index in [0.717, 1.165) is 19.5 Å². The predicted octanol–water partition coefficient (Wildman–Crippen LogP) is 3.25. The Bertz CT molecular complexity index is 456. The van der Waals surface area contributed by atoms with Gasteiger partial charge in [-0.15, -0.1) is 0 Å². The zero-order chi connectivity index (χ0) is 13.3. The van der Waals surface area contributed by atoms with Gasteiger partial charge >= 0.3 is 0 Å². The molecule has 1 unspecified atom stereocenters. The van der Waals surface area contributed by atoms with E-state index in [9.17, 15) is 9.18 Å². The fourth-order valence-electron chi connectivity index (χ4n) is 2.50. The topological polar surface area (TPSA) is 20.3 Å². The van der Waals surface area contributed by atoms with Crippen molar-refractivity contribution in [3.63, 3.8) is 0 Å². The van der Waals surface area contributed by atoms with Crippen molar-refractivity contribution in [1.82, 2.24) is 4.90 Å². The van der Waals surface area contributed by atoms with Crippen molar-refractivity contribution < 1.29 is 9.18 Å².